The minimum atomic E-state index is 0.000198. The van der Waals surface area contributed by atoms with Gasteiger partial charge >= 0.3 is 0 Å². The largest absolute Gasteiger partial charge is 0.482 e. The second kappa shape index (κ2) is 5.44. The molecule has 1 aliphatic heterocycles. The molecule has 3 nitrogen and oxygen atoms in total. The minimum absolute atomic E-state index is 0.000198. The predicted molar refractivity (Wildman–Crippen MR) is 87.0 cm³/mol. The maximum absolute atomic E-state index is 12.1. The van der Waals surface area contributed by atoms with E-state index in [0.717, 1.165) is 20.6 Å². The Morgan fingerprint density at radius 1 is 1.25 bits per heavy atom. The Balaban J connectivity index is 1.95. The van der Waals surface area contributed by atoms with Crippen LogP contribution in [0.3, 0.4) is 0 Å². The van der Waals surface area contributed by atoms with Crippen molar-refractivity contribution >= 4 is 34.2 Å². The fourth-order valence-corrected chi connectivity index (χ4v) is 2.81. The van der Waals surface area contributed by atoms with Crippen molar-refractivity contribution in [1.29, 1.82) is 0 Å². The van der Waals surface area contributed by atoms with Crippen LogP contribution in [0.2, 0.25) is 0 Å². The molecule has 1 heterocycles. The molecule has 0 aromatic heterocycles. The Morgan fingerprint density at radius 3 is 2.90 bits per heavy atom. The molecule has 0 N–H and O–H groups in total. The van der Waals surface area contributed by atoms with Crippen LogP contribution in [0.4, 0.5) is 5.69 Å². The summed E-state index contributed by atoms with van der Waals surface area (Å²) in [6.07, 6.45) is 0. The molecule has 20 heavy (non-hydrogen) atoms. The highest BCUT2D eigenvalue weighted by molar-refractivity contribution is 14.1. The Bertz CT molecular complexity index is 669. The van der Waals surface area contributed by atoms with Crippen LogP contribution in [0.1, 0.15) is 11.1 Å². The normalized spacial score (nSPS) is 13.9. The van der Waals surface area contributed by atoms with E-state index in [1.54, 1.807) is 4.90 Å². The SMILES string of the molecule is Cc1cccc(CN2C(=O)COc3cc(I)ccc32)c1. The number of halogens is 1. The number of carbonyl (C=O) groups is 1. The maximum Gasteiger partial charge on any atom is 0.265 e. The van der Waals surface area contributed by atoms with E-state index in [-0.39, 0.29) is 12.5 Å². The summed E-state index contributed by atoms with van der Waals surface area (Å²) in [6, 6.07) is 14.1. The third-order valence-corrected chi connectivity index (χ3v) is 3.96. The Kier molecular flexibility index (Phi) is 3.65. The second-order valence-corrected chi connectivity index (χ2v) is 6.12. The van der Waals surface area contributed by atoms with Crippen LogP contribution in [-0.4, -0.2) is 12.5 Å². The molecule has 2 aromatic carbocycles. The lowest BCUT2D eigenvalue weighted by Gasteiger charge is -2.29. The Hall–Kier alpha value is -1.56. The van der Waals surface area contributed by atoms with Gasteiger partial charge in [0.15, 0.2) is 6.61 Å². The topological polar surface area (TPSA) is 29.5 Å². The number of hydrogen-bond donors (Lipinski definition) is 0. The summed E-state index contributed by atoms with van der Waals surface area (Å²) in [7, 11) is 0. The van der Waals surface area contributed by atoms with E-state index in [4.69, 9.17) is 4.74 Å². The highest BCUT2D eigenvalue weighted by atomic mass is 127. The molecule has 1 amide bonds. The molecule has 0 radical (unpaired) electrons. The van der Waals surface area contributed by atoms with Crippen LogP contribution in [0.25, 0.3) is 0 Å². The minimum Gasteiger partial charge on any atom is -0.482 e. The molecule has 0 unspecified atom stereocenters. The van der Waals surface area contributed by atoms with Crippen molar-refractivity contribution in [3.8, 4) is 5.75 Å². The lowest BCUT2D eigenvalue weighted by molar-refractivity contribution is -0.121. The van der Waals surface area contributed by atoms with Gasteiger partial charge in [0.05, 0.1) is 12.2 Å². The van der Waals surface area contributed by atoms with Crippen molar-refractivity contribution in [3.63, 3.8) is 0 Å². The van der Waals surface area contributed by atoms with E-state index < -0.39 is 0 Å². The van der Waals surface area contributed by atoms with Crippen LogP contribution in [0, 0.1) is 10.5 Å². The zero-order valence-corrected chi connectivity index (χ0v) is 13.3. The molecule has 0 atom stereocenters. The monoisotopic (exact) mass is 379 g/mol. The Labute approximate surface area is 131 Å². The molecule has 3 rings (SSSR count). The van der Waals surface area contributed by atoms with Crippen molar-refractivity contribution in [3.05, 3.63) is 57.2 Å². The van der Waals surface area contributed by atoms with Crippen LogP contribution < -0.4 is 9.64 Å². The first kappa shape index (κ1) is 13.4. The van der Waals surface area contributed by atoms with Gasteiger partial charge in [0, 0.05) is 3.57 Å². The van der Waals surface area contributed by atoms with Crippen LogP contribution in [-0.2, 0) is 11.3 Å². The quantitative estimate of drug-likeness (QED) is 0.748. The van der Waals surface area contributed by atoms with E-state index in [1.807, 2.05) is 30.3 Å². The third-order valence-electron chi connectivity index (χ3n) is 3.29. The first-order valence-corrected chi connectivity index (χ1v) is 7.49. The number of ether oxygens (including phenoxy) is 1. The van der Waals surface area contributed by atoms with Crippen molar-refractivity contribution in [1.82, 2.24) is 0 Å². The van der Waals surface area contributed by atoms with E-state index in [0.29, 0.717) is 6.54 Å². The average molecular weight is 379 g/mol. The number of fused-ring (bicyclic) bond motifs is 1. The first-order chi connectivity index (χ1) is 9.63. The smallest absolute Gasteiger partial charge is 0.265 e. The zero-order chi connectivity index (χ0) is 14.1. The van der Waals surface area contributed by atoms with Gasteiger partial charge in [-0.2, -0.15) is 0 Å². The summed E-state index contributed by atoms with van der Waals surface area (Å²) in [5.74, 6) is 0.782. The number of anilines is 1. The van der Waals surface area contributed by atoms with Gasteiger partial charge in [-0.1, -0.05) is 29.8 Å². The van der Waals surface area contributed by atoms with Crippen molar-refractivity contribution in [2.75, 3.05) is 11.5 Å². The molecule has 1 aliphatic rings. The van der Waals surface area contributed by atoms with Gasteiger partial charge in [-0.15, -0.1) is 0 Å². The second-order valence-electron chi connectivity index (χ2n) is 4.87. The van der Waals surface area contributed by atoms with E-state index >= 15 is 0 Å². The summed E-state index contributed by atoms with van der Waals surface area (Å²) in [6.45, 7) is 2.75. The van der Waals surface area contributed by atoms with Crippen LogP contribution in [0.5, 0.6) is 5.75 Å². The molecular formula is C16H14INO2. The molecular weight excluding hydrogens is 365 g/mol. The summed E-state index contributed by atoms with van der Waals surface area (Å²) < 4.78 is 6.62. The average Bonchev–Trinajstić information content (AvgIpc) is 2.42. The molecule has 0 fully saturated rings. The highest BCUT2D eigenvalue weighted by Gasteiger charge is 2.25. The maximum atomic E-state index is 12.1. The number of carbonyl (C=O) groups excluding carboxylic acids is 1. The number of rotatable bonds is 2. The van der Waals surface area contributed by atoms with Gasteiger partial charge < -0.3 is 9.64 Å². The summed E-state index contributed by atoms with van der Waals surface area (Å²) >= 11 is 2.24. The molecule has 0 saturated carbocycles. The van der Waals surface area contributed by atoms with Gasteiger partial charge in [-0.25, -0.2) is 0 Å². The van der Waals surface area contributed by atoms with E-state index in [9.17, 15) is 4.79 Å². The first-order valence-electron chi connectivity index (χ1n) is 6.42. The molecule has 0 aliphatic carbocycles. The number of amides is 1. The van der Waals surface area contributed by atoms with Gasteiger partial charge in [0.1, 0.15) is 5.75 Å². The summed E-state index contributed by atoms with van der Waals surface area (Å²) in [4.78, 5) is 13.9. The van der Waals surface area contributed by atoms with Gasteiger partial charge in [0.2, 0.25) is 0 Å². The molecule has 2 aromatic rings. The number of nitrogens with zero attached hydrogens (tertiary/aromatic N) is 1. The lowest BCUT2D eigenvalue weighted by Crippen LogP contribution is -2.38. The van der Waals surface area contributed by atoms with Gasteiger partial charge in [-0.3, -0.25) is 4.79 Å². The van der Waals surface area contributed by atoms with Crippen molar-refractivity contribution < 1.29 is 9.53 Å². The number of benzene rings is 2. The van der Waals surface area contributed by atoms with Gasteiger partial charge in [0.25, 0.3) is 5.91 Å². The third kappa shape index (κ3) is 2.65. The summed E-state index contributed by atoms with van der Waals surface area (Å²) in [5.41, 5.74) is 3.18. The molecule has 102 valence electrons. The lowest BCUT2D eigenvalue weighted by atomic mass is 10.1. The highest BCUT2D eigenvalue weighted by Crippen LogP contribution is 2.34. The molecule has 0 bridgehead atoms. The van der Waals surface area contributed by atoms with E-state index in [1.165, 1.54) is 5.56 Å². The van der Waals surface area contributed by atoms with Crippen LogP contribution in [0.15, 0.2) is 42.5 Å². The predicted octanol–water partition coefficient (Wildman–Crippen LogP) is 3.53. The zero-order valence-electron chi connectivity index (χ0n) is 11.1. The van der Waals surface area contributed by atoms with Gasteiger partial charge in [-0.05, 0) is 53.3 Å². The molecule has 0 saturated heterocycles. The molecule has 0 spiro atoms. The molecule has 4 heteroatoms. The fourth-order valence-electron chi connectivity index (χ4n) is 2.34. The van der Waals surface area contributed by atoms with Crippen molar-refractivity contribution in [2.24, 2.45) is 0 Å². The number of aryl methyl sites for hydroxylation is 1. The Morgan fingerprint density at radius 2 is 2.10 bits per heavy atom. The van der Waals surface area contributed by atoms with Crippen molar-refractivity contribution in [2.45, 2.75) is 13.5 Å². The van der Waals surface area contributed by atoms with E-state index in [2.05, 4.69) is 41.6 Å². The van der Waals surface area contributed by atoms with Crippen LogP contribution >= 0.6 is 22.6 Å². The number of hydrogen-bond acceptors (Lipinski definition) is 2. The standard InChI is InChI=1S/C16H14INO2/c1-11-3-2-4-12(7-11)9-18-14-6-5-13(17)8-15(14)20-10-16(18)19/h2-8H,9-10H2,1H3. The summed E-state index contributed by atoms with van der Waals surface area (Å²) in [5, 5.41) is 0. The fraction of sp³-hybridized carbons (Fsp3) is 0.188.